The van der Waals surface area contributed by atoms with Crippen molar-refractivity contribution in [3.63, 3.8) is 0 Å². The van der Waals surface area contributed by atoms with Gasteiger partial charge in [-0.3, -0.25) is 4.79 Å². The van der Waals surface area contributed by atoms with Gasteiger partial charge in [0.2, 0.25) is 0 Å². The third-order valence-corrected chi connectivity index (χ3v) is 4.71. The van der Waals surface area contributed by atoms with Crippen LogP contribution in [0, 0.1) is 0 Å². The number of hydrogen-bond acceptors (Lipinski definition) is 5. The first-order valence-electron chi connectivity index (χ1n) is 6.87. The van der Waals surface area contributed by atoms with Gasteiger partial charge in [-0.05, 0) is 38.1 Å². The van der Waals surface area contributed by atoms with E-state index in [4.69, 9.17) is 11.6 Å². The van der Waals surface area contributed by atoms with Crippen LogP contribution in [0.5, 0.6) is 0 Å². The fraction of sp³-hybridized carbons (Fsp3) is 0.462. The molecule has 1 aliphatic rings. The number of halogens is 1. The van der Waals surface area contributed by atoms with Crippen LogP contribution in [-0.2, 0) is 6.54 Å². The number of carbonyl (C=O) groups is 1. The smallest absolute Gasteiger partial charge is 0.273 e. The molecular weight excluding hydrogens is 310 g/mol. The minimum Gasteiger partial charge on any atom is -0.346 e. The summed E-state index contributed by atoms with van der Waals surface area (Å²) >= 11 is 7.31. The van der Waals surface area contributed by atoms with Gasteiger partial charge in [0.1, 0.15) is 0 Å². The summed E-state index contributed by atoms with van der Waals surface area (Å²) in [6.07, 6.45) is 3.75. The van der Waals surface area contributed by atoms with E-state index in [1.54, 1.807) is 10.9 Å². The Morgan fingerprint density at radius 3 is 3.00 bits per heavy atom. The summed E-state index contributed by atoms with van der Waals surface area (Å²) in [5, 5.41) is 14.2. The van der Waals surface area contributed by atoms with Crippen molar-refractivity contribution in [1.82, 2.24) is 25.6 Å². The van der Waals surface area contributed by atoms with Crippen molar-refractivity contribution in [2.45, 2.75) is 25.4 Å². The van der Waals surface area contributed by atoms with E-state index in [1.807, 2.05) is 12.1 Å². The number of nitrogens with one attached hydrogen (secondary N) is 2. The van der Waals surface area contributed by atoms with Crippen LogP contribution in [0.25, 0.3) is 0 Å². The average Bonchev–Trinajstić information content (AvgIpc) is 3.15. The van der Waals surface area contributed by atoms with Crippen LogP contribution >= 0.6 is 22.9 Å². The second kappa shape index (κ2) is 6.55. The molecule has 0 radical (unpaired) electrons. The van der Waals surface area contributed by atoms with Crippen LogP contribution in [-0.4, -0.2) is 34.0 Å². The molecule has 0 spiro atoms. The molecule has 1 amide bonds. The predicted octanol–water partition coefficient (Wildman–Crippen LogP) is 1.85. The Kier molecular flexibility index (Phi) is 4.52. The fourth-order valence-electron chi connectivity index (χ4n) is 2.34. The van der Waals surface area contributed by atoms with Crippen molar-refractivity contribution in [3.8, 4) is 0 Å². The van der Waals surface area contributed by atoms with Crippen LogP contribution in [0.1, 0.15) is 34.2 Å². The lowest BCUT2D eigenvalue weighted by atomic mass is 10.1. The fourth-order valence-corrected chi connectivity index (χ4v) is 3.36. The van der Waals surface area contributed by atoms with Crippen LogP contribution in [0.15, 0.2) is 18.3 Å². The molecule has 21 heavy (non-hydrogen) atoms. The van der Waals surface area contributed by atoms with Crippen LogP contribution in [0.2, 0.25) is 4.34 Å². The van der Waals surface area contributed by atoms with E-state index >= 15 is 0 Å². The van der Waals surface area contributed by atoms with E-state index in [1.165, 1.54) is 11.3 Å². The first-order valence-corrected chi connectivity index (χ1v) is 8.07. The lowest BCUT2D eigenvalue weighted by Crippen LogP contribution is -2.29. The molecule has 1 saturated heterocycles. The molecule has 0 aromatic carbocycles. The molecule has 2 aromatic rings. The van der Waals surface area contributed by atoms with E-state index < -0.39 is 0 Å². The summed E-state index contributed by atoms with van der Waals surface area (Å²) in [4.78, 5) is 13.1. The second-order valence-electron chi connectivity index (χ2n) is 4.95. The lowest BCUT2D eigenvalue weighted by molar-refractivity contribution is 0.0946. The normalized spacial score (nSPS) is 16.0. The quantitative estimate of drug-likeness (QED) is 0.900. The number of piperidine rings is 1. The maximum atomic E-state index is 12.1. The van der Waals surface area contributed by atoms with Gasteiger partial charge < -0.3 is 10.6 Å². The minimum absolute atomic E-state index is 0.209. The Morgan fingerprint density at radius 1 is 1.48 bits per heavy atom. The van der Waals surface area contributed by atoms with Crippen molar-refractivity contribution < 1.29 is 4.79 Å². The molecule has 112 valence electrons. The van der Waals surface area contributed by atoms with E-state index in [9.17, 15) is 4.79 Å². The first kappa shape index (κ1) is 14.5. The number of amides is 1. The zero-order valence-electron chi connectivity index (χ0n) is 11.4. The van der Waals surface area contributed by atoms with E-state index in [2.05, 4.69) is 20.9 Å². The standard InChI is InChI=1S/C13H16ClN5OS/c14-12-2-1-10(21-12)7-16-13(20)11-8-19(18-17-11)9-3-5-15-6-4-9/h1-2,8-9,15H,3-7H2,(H,16,20). The molecule has 3 heterocycles. The molecule has 0 atom stereocenters. The summed E-state index contributed by atoms with van der Waals surface area (Å²) in [6, 6.07) is 4.05. The van der Waals surface area contributed by atoms with Gasteiger partial charge in [0.25, 0.3) is 5.91 Å². The summed E-state index contributed by atoms with van der Waals surface area (Å²) in [5.74, 6) is -0.209. The molecule has 0 unspecified atom stereocenters. The van der Waals surface area contributed by atoms with Crippen molar-refractivity contribution in [1.29, 1.82) is 0 Å². The zero-order chi connectivity index (χ0) is 14.7. The van der Waals surface area contributed by atoms with Crippen molar-refractivity contribution >= 4 is 28.8 Å². The van der Waals surface area contributed by atoms with E-state index in [0.717, 1.165) is 35.1 Å². The highest BCUT2D eigenvalue weighted by atomic mass is 35.5. The number of carbonyl (C=O) groups excluding carboxylic acids is 1. The van der Waals surface area contributed by atoms with Gasteiger partial charge in [0.05, 0.1) is 23.1 Å². The molecule has 2 aromatic heterocycles. The van der Waals surface area contributed by atoms with Gasteiger partial charge in [-0.1, -0.05) is 16.8 Å². The topological polar surface area (TPSA) is 71.8 Å². The van der Waals surface area contributed by atoms with Crippen LogP contribution in [0.3, 0.4) is 0 Å². The largest absolute Gasteiger partial charge is 0.346 e. The van der Waals surface area contributed by atoms with E-state index in [0.29, 0.717) is 18.3 Å². The number of nitrogens with zero attached hydrogens (tertiary/aromatic N) is 3. The molecule has 1 fully saturated rings. The van der Waals surface area contributed by atoms with E-state index in [-0.39, 0.29) is 5.91 Å². The summed E-state index contributed by atoms with van der Waals surface area (Å²) in [7, 11) is 0. The number of thiophene rings is 1. The molecule has 0 aliphatic carbocycles. The van der Waals surface area contributed by atoms with Crippen molar-refractivity contribution in [2.75, 3.05) is 13.1 Å². The van der Waals surface area contributed by atoms with Crippen molar-refractivity contribution in [2.24, 2.45) is 0 Å². The number of aromatic nitrogens is 3. The van der Waals surface area contributed by atoms with Gasteiger partial charge in [0, 0.05) is 4.88 Å². The van der Waals surface area contributed by atoms with Crippen LogP contribution in [0.4, 0.5) is 0 Å². The molecule has 0 saturated carbocycles. The van der Waals surface area contributed by atoms with Crippen LogP contribution < -0.4 is 10.6 Å². The van der Waals surface area contributed by atoms with Gasteiger partial charge in [-0.25, -0.2) is 4.68 Å². The average molecular weight is 326 g/mol. The maximum Gasteiger partial charge on any atom is 0.273 e. The first-order chi connectivity index (χ1) is 10.2. The number of rotatable bonds is 4. The molecule has 8 heteroatoms. The highest BCUT2D eigenvalue weighted by Gasteiger charge is 2.18. The van der Waals surface area contributed by atoms with Crippen molar-refractivity contribution in [3.05, 3.63) is 33.2 Å². The van der Waals surface area contributed by atoms with Gasteiger partial charge >= 0.3 is 0 Å². The Balaban J connectivity index is 1.58. The Bertz CT molecular complexity index is 620. The molecule has 6 nitrogen and oxygen atoms in total. The highest BCUT2D eigenvalue weighted by Crippen LogP contribution is 2.21. The van der Waals surface area contributed by atoms with Gasteiger partial charge in [-0.15, -0.1) is 16.4 Å². The molecule has 3 rings (SSSR count). The molecule has 1 aliphatic heterocycles. The third kappa shape index (κ3) is 3.61. The molecule has 0 bridgehead atoms. The maximum absolute atomic E-state index is 12.1. The SMILES string of the molecule is O=C(NCc1ccc(Cl)s1)c1cn(C2CCNCC2)nn1. The molecular formula is C13H16ClN5OS. The number of hydrogen-bond donors (Lipinski definition) is 2. The van der Waals surface area contributed by atoms with Gasteiger partial charge in [0.15, 0.2) is 5.69 Å². The summed E-state index contributed by atoms with van der Waals surface area (Å²) in [6.45, 7) is 2.41. The highest BCUT2D eigenvalue weighted by molar-refractivity contribution is 7.16. The predicted molar refractivity (Wildman–Crippen MR) is 81.7 cm³/mol. The summed E-state index contributed by atoms with van der Waals surface area (Å²) < 4.78 is 2.52. The zero-order valence-corrected chi connectivity index (χ0v) is 13.0. The third-order valence-electron chi connectivity index (χ3n) is 3.48. The minimum atomic E-state index is -0.209. The Morgan fingerprint density at radius 2 is 2.29 bits per heavy atom. The lowest BCUT2D eigenvalue weighted by Gasteiger charge is -2.22. The Labute approximate surface area is 131 Å². The summed E-state index contributed by atoms with van der Waals surface area (Å²) in [5.41, 5.74) is 0.358. The monoisotopic (exact) mass is 325 g/mol. The molecule has 2 N–H and O–H groups in total. The second-order valence-corrected chi connectivity index (χ2v) is 6.75. The Hall–Kier alpha value is -1.44. The van der Waals surface area contributed by atoms with Gasteiger partial charge in [-0.2, -0.15) is 0 Å².